The monoisotopic (exact) mass is 312 g/mol. The Bertz CT molecular complexity index is 574. The van der Waals surface area contributed by atoms with Crippen LogP contribution in [0.1, 0.15) is 19.4 Å². The highest BCUT2D eigenvalue weighted by Crippen LogP contribution is 2.19. The Kier molecular flexibility index (Phi) is 6.64. The fourth-order valence-electron chi connectivity index (χ4n) is 1.76. The summed E-state index contributed by atoms with van der Waals surface area (Å²) in [4.78, 5) is 4.72. The Morgan fingerprint density at radius 3 is 2.24 bits per heavy atom. The first-order valence-corrected chi connectivity index (χ1v) is 8.40. The van der Waals surface area contributed by atoms with Crippen LogP contribution in [-0.4, -0.2) is 45.9 Å². The molecule has 0 heterocycles. The van der Waals surface area contributed by atoms with Gasteiger partial charge in [-0.15, -0.1) is 0 Å². The van der Waals surface area contributed by atoms with Crippen molar-refractivity contribution < 1.29 is 8.42 Å². The predicted octanol–water partition coefficient (Wildman–Crippen LogP) is 1.01. The van der Waals surface area contributed by atoms with Crippen molar-refractivity contribution in [2.24, 2.45) is 4.99 Å². The molecule has 7 heteroatoms. The molecule has 0 aliphatic heterocycles. The lowest BCUT2D eigenvalue weighted by Crippen LogP contribution is -2.37. The van der Waals surface area contributed by atoms with Crippen LogP contribution in [0.3, 0.4) is 0 Å². The Morgan fingerprint density at radius 2 is 1.71 bits per heavy atom. The molecule has 6 nitrogen and oxygen atoms in total. The van der Waals surface area contributed by atoms with E-state index in [-0.39, 0.29) is 0 Å². The standard InChI is InChI=1S/C14H24N4O2S/c1-5-15-14(16-6-2)17-11-12-9-7-8-10-13(12)21(19,20)18(3)4/h7-10H,5-6,11H2,1-4H3,(H2,15,16,17). The highest BCUT2D eigenvalue weighted by atomic mass is 32.2. The summed E-state index contributed by atoms with van der Waals surface area (Å²) in [6.45, 7) is 5.78. The van der Waals surface area contributed by atoms with Gasteiger partial charge in [0.2, 0.25) is 10.0 Å². The molecule has 0 saturated heterocycles. The summed E-state index contributed by atoms with van der Waals surface area (Å²) in [5.74, 6) is 0.678. The minimum Gasteiger partial charge on any atom is -0.357 e. The van der Waals surface area contributed by atoms with E-state index in [1.54, 1.807) is 18.2 Å². The van der Waals surface area contributed by atoms with E-state index in [2.05, 4.69) is 15.6 Å². The largest absolute Gasteiger partial charge is 0.357 e. The van der Waals surface area contributed by atoms with E-state index < -0.39 is 10.0 Å². The molecule has 2 N–H and O–H groups in total. The van der Waals surface area contributed by atoms with Gasteiger partial charge in [0.1, 0.15) is 0 Å². The predicted molar refractivity (Wildman–Crippen MR) is 85.8 cm³/mol. The number of sulfonamides is 1. The highest BCUT2D eigenvalue weighted by molar-refractivity contribution is 7.89. The van der Waals surface area contributed by atoms with Crippen LogP contribution in [0, 0.1) is 0 Å². The molecule has 0 bridgehead atoms. The molecule has 0 saturated carbocycles. The quantitative estimate of drug-likeness (QED) is 0.607. The molecule has 0 atom stereocenters. The number of aliphatic imine (C=N–C) groups is 1. The maximum absolute atomic E-state index is 12.3. The minimum absolute atomic E-state index is 0.297. The fraction of sp³-hybridized carbons (Fsp3) is 0.500. The number of rotatable bonds is 6. The fourth-order valence-corrected chi connectivity index (χ4v) is 2.86. The van der Waals surface area contributed by atoms with Gasteiger partial charge in [0.15, 0.2) is 5.96 Å². The molecule has 1 aromatic rings. The van der Waals surface area contributed by atoms with Crippen LogP contribution < -0.4 is 10.6 Å². The maximum atomic E-state index is 12.3. The molecule has 0 aliphatic rings. The zero-order valence-electron chi connectivity index (χ0n) is 13.0. The van der Waals surface area contributed by atoms with Gasteiger partial charge in [-0.05, 0) is 25.5 Å². The average molecular weight is 312 g/mol. The van der Waals surface area contributed by atoms with Crippen LogP contribution in [0.15, 0.2) is 34.2 Å². The molecule has 0 aliphatic carbocycles. The average Bonchev–Trinajstić information content (AvgIpc) is 2.45. The van der Waals surface area contributed by atoms with E-state index in [0.29, 0.717) is 23.0 Å². The van der Waals surface area contributed by atoms with Gasteiger partial charge in [-0.25, -0.2) is 17.7 Å². The van der Waals surface area contributed by atoms with E-state index in [0.717, 1.165) is 13.1 Å². The summed E-state index contributed by atoms with van der Waals surface area (Å²) in [5, 5.41) is 6.23. The summed E-state index contributed by atoms with van der Waals surface area (Å²) in [6.07, 6.45) is 0. The van der Waals surface area contributed by atoms with Crippen molar-refractivity contribution in [2.45, 2.75) is 25.3 Å². The summed E-state index contributed by atoms with van der Waals surface area (Å²) >= 11 is 0. The van der Waals surface area contributed by atoms with E-state index in [1.165, 1.54) is 18.4 Å². The first-order valence-electron chi connectivity index (χ1n) is 6.96. The third-order valence-corrected chi connectivity index (χ3v) is 4.74. The zero-order chi connectivity index (χ0) is 15.9. The van der Waals surface area contributed by atoms with Crippen molar-refractivity contribution >= 4 is 16.0 Å². The van der Waals surface area contributed by atoms with Gasteiger partial charge >= 0.3 is 0 Å². The normalized spacial score (nSPS) is 11.3. The van der Waals surface area contributed by atoms with Crippen molar-refractivity contribution in [2.75, 3.05) is 27.2 Å². The molecule has 0 amide bonds. The molecular formula is C14H24N4O2S. The van der Waals surface area contributed by atoms with Crippen LogP contribution >= 0.6 is 0 Å². The van der Waals surface area contributed by atoms with Crippen molar-refractivity contribution in [1.29, 1.82) is 0 Å². The third-order valence-electron chi connectivity index (χ3n) is 2.83. The third kappa shape index (κ3) is 4.71. The molecule has 0 radical (unpaired) electrons. The number of hydrogen-bond acceptors (Lipinski definition) is 3. The Hall–Kier alpha value is -1.60. The summed E-state index contributed by atoms with van der Waals surface area (Å²) in [5.41, 5.74) is 0.680. The molecule has 118 valence electrons. The van der Waals surface area contributed by atoms with E-state index in [1.807, 2.05) is 19.9 Å². The number of nitrogens with one attached hydrogen (secondary N) is 2. The second-order valence-corrected chi connectivity index (χ2v) is 6.74. The van der Waals surface area contributed by atoms with Gasteiger partial charge in [0, 0.05) is 27.2 Å². The second kappa shape index (κ2) is 7.99. The van der Waals surface area contributed by atoms with Crippen LogP contribution in [0.5, 0.6) is 0 Å². The minimum atomic E-state index is -3.46. The van der Waals surface area contributed by atoms with Gasteiger partial charge in [0.05, 0.1) is 11.4 Å². The van der Waals surface area contributed by atoms with Crippen LogP contribution in [0.25, 0.3) is 0 Å². The summed E-state index contributed by atoms with van der Waals surface area (Å²) in [7, 11) is -0.405. The van der Waals surface area contributed by atoms with Gasteiger partial charge in [-0.3, -0.25) is 0 Å². The number of benzene rings is 1. The molecule has 0 fully saturated rings. The molecule has 1 aromatic carbocycles. The lowest BCUT2D eigenvalue weighted by molar-refractivity contribution is 0.519. The lowest BCUT2D eigenvalue weighted by Gasteiger charge is -2.15. The van der Waals surface area contributed by atoms with Crippen molar-refractivity contribution in [3.63, 3.8) is 0 Å². The van der Waals surface area contributed by atoms with Crippen LogP contribution in [0.4, 0.5) is 0 Å². The first kappa shape index (κ1) is 17.5. The first-order chi connectivity index (χ1) is 9.93. The summed E-state index contributed by atoms with van der Waals surface area (Å²) in [6, 6.07) is 6.94. The second-order valence-electron chi connectivity index (χ2n) is 4.62. The van der Waals surface area contributed by atoms with Crippen LogP contribution in [-0.2, 0) is 16.6 Å². The van der Waals surface area contributed by atoms with Crippen LogP contribution in [0.2, 0.25) is 0 Å². The SMILES string of the molecule is CCNC(=NCc1ccccc1S(=O)(=O)N(C)C)NCC. The smallest absolute Gasteiger partial charge is 0.242 e. The maximum Gasteiger partial charge on any atom is 0.242 e. The Morgan fingerprint density at radius 1 is 1.14 bits per heavy atom. The molecule has 0 aromatic heterocycles. The number of nitrogens with zero attached hydrogens (tertiary/aromatic N) is 2. The van der Waals surface area contributed by atoms with Gasteiger partial charge in [-0.2, -0.15) is 0 Å². The Labute approximate surface area is 127 Å². The van der Waals surface area contributed by atoms with E-state index in [9.17, 15) is 8.42 Å². The van der Waals surface area contributed by atoms with E-state index >= 15 is 0 Å². The topological polar surface area (TPSA) is 73.8 Å². The Balaban J connectivity index is 3.07. The zero-order valence-corrected chi connectivity index (χ0v) is 13.9. The number of guanidine groups is 1. The van der Waals surface area contributed by atoms with Crippen molar-refractivity contribution in [3.05, 3.63) is 29.8 Å². The molecule has 21 heavy (non-hydrogen) atoms. The number of hydrogen-bond donors (Lipinski definition) is 2. The molecular weight excluding hydrogens is 288 g/mol. The van der Waals surface area contributed by atoms with Crippen molar-refractivity contribution in [3.8, 4) is 0 Å². The van der Waals surface area contributed by atoms with Gasteiger partial charge < -0.3 is 10.6 Å². The lowest BCUT2D eigenvalue weighted by atomic mass is 10.2. The highest BCUT2D eigenvalue weighted by Gasteiger charge is 2.20. The summed E-state index contributed by atoms with van der Waals surface area (Å²) < 4.78 is 25.8. The molecule has 0 unspecified atom stereocenters. The molecule has 0 spiro atoms. The van der Waals surface area contributed by atoms with E-state index in [4.69, 9.17) is 0 Å². The van der Waals surface area contributed by atoms with Gasteiger partial charge in [-0.1, -0.05) is 18.2 Å². The van der Waals surface area contributed by atoms with Gasteiger partial charge in [0.25, 0.3) is 0 Å². The van der Waals surface area contributed by atoms with Crippen molar-refractivity contribution in [1.82, 2.24) is 14.9 Å². The molecule has 1 rings (SSSR count).